The summed E-state index contributed by atoms with van der Waals surface area (Å²) in [7, 11) is 0. The number of nitrogens with two attached hydrogens (primary N) is 1. The average molecular weight is 233 g/mol. The predicted octanol–water partition coefficient (Wildman–Crippen LogP) is 1.46. The molecule has 1 aromatic rings. The zero-order valence-corrected chi connectivity index (χ0v) is 9.93. The van der Waals surface area contributed by atoms with E-state index in [1.165, 1.54) is 19.3 Å². The van der Waals surface area contributed by atoms with E-state index < -0.39 is 0 Å². The second kappa shape index (κ2) is 5.68. The Kier molecular flexibility index (Phi) is 3.98. The van der Waals surface area contributed by atoms with Crippen LogP contribution in [0.1, 0.15) is 35.8 Å². The van der Waals surface area contributed by atoms with Crippen molar-refractivity contribution in [1.29, 1.82) is 0 Å². The molecule has 0 atom stereocenters. The van der Waals surface area contributed by atoms with Crippen molar-refractivity contribution >= 4 is 5.91 Å². The largest absolute Gasteiger partial charge is 0.347 e. The number of hydrogen-bond donors (Lipinski definition) is 2. The summed E-state index contributed by atoms with van der Waals surface area (Å²) in [5, 5.41) is 2.86. The molecule has 4 nitrogen and oxygen atoms in total. The lowest BCUT2D eigenvalue weighted by Gasteiger charge is -2.28. The fourth-order valence-electron chi connectivity index (χ4n) is 1.99. The molecule has 17 heavy (non-hydrogen) atoms. The first-order chi connectivity index (χ1) is 8.33. The highest BCUT2D eigenvalue weighted by Crippen LogP contribution is 2.32. The van der Waals surface area contributed by atoms with Gasteiger partial charge in [-0.05, 0) is 31.4 Å². The van der Waals surface area contributed by atoms with Gasteiger partial charge in [0.05, 0.1) is 0 Å². The first-order valence-electron chi connectivity index (χ1n) is 6.13. The molecule has 3 N–H and O–H groups in total. The van der Waals surface area contributed by atoms with Crippen LogP contribution in [0.5, 0.6) is 0 Å². The Bertz CT molecular complexity index is 405. The van der Waals surface area contributed by atoms with E-state index in [9.17, 15) is 4.79 Å². The van der Waals surface area contributed by atoms with E-state index in [0.29, 0.717) is 19.1 Å². The first kappa shape index (κ1) is 11.9. The van der Waals surface area contributed by atoms with Crippen LogP contribution in [0.2, 0.25) is 0 Å². The molecule has 0 saturated heterocycles. The highest BCUT2D eigenvalue weighted by Gasteiger charge is 2.22. The summed E-state index contributed by atoms with van der Waals surface area (Å²) in [6, 6.07) is 4.33. The summed E-state index contributed by atoms with van der Waals surface area (Å²) < 4.78 is 2.09. The monoisotopic (exact) mass is 233 g/mol. The van der Waals surface area contributed by atoms with Crippen molar-refractivity contribution in [2.75, 3.05) is 13.1 Å². The summed E-state index contributed by atoms with van der Waals surface area (Å²) >= 11 is 0. The quantitative estimate of drug-likeness (QED) is 0.756. The second-order valence-corrected chi connectivity index (χ2v) is 4.30. The number of nitrogens with one attached hydrogen (secondary N) is 1. The van der Waals surface area contributed by atoms with Gasteiger partial charge in [0.2, 0.25) is 0 Å². The van der Waals surface area contributed by atoms with Crippen molar-refractivity contribution in [3.63, 3.8) is 0 Å². The topological polar surface area (TPSA) is 60.0 Å². The number of nitrogens with zero attached hydrogens (tertiary/aromatic N) is 1. The first-order valence-corrected chi connectivity index (χ1v) is 6.13. The van der Waals surface area contributed by atoms with Gasteiger partial charge < -0.3 is 15.6 Å². The Morgan fingerprint density at radius 2 is 2.35 bits per heavy atom. The lowest BCUT2D eigenvalue weighted by molar-refractivity contribution is 0.0943. The molecule has 1 fully saturated rings. The van der Waals surface area contributed by atoms with Gasteiger partial charge in [-0.25, -0.2) is 0 Å². The van der Waals surface area contributed by atoms with Crippen LogP contribution in [0, 0.1) is 0 Å². The van der Waals surface area contributed by atoms with Crippen LogP contribution >= 0.6 is 0 Å². The minimum Gasteiger partial charge on any atom is -0.347 e. The minimum absolute atomic E-state index is 0.0106. The lowest BCUT2D eigenvalue weighted by Crippen LogP contribution is -2.28. The molecule has 1 aliphatic carbocycles. The van der Waals surface area contributed by atoms with Gasteiger partial charge in [0.1, 0.15) is 5.69 Å². The molecule has 0 spiro atoms. The highest BCUT2D eigenvalue weighted by atomic mass is 16.1. The van der Waals surface area contributed by atoms with Crippen molar-refractivity contribution in [2.45, 2.75) is 25.3 Å². The van der Waals surface area contributed by atoms with E-state index in [-0.39, 0.29) is 5.91 Å². The Balaban J connectivity index is 1.94. The fraction of sp³-hybridized carbons (Fsp3) is 0.462. The Morgan fingerprint density at radius 1 is 1.53 bits per heavy atom. The molecule has 1 aliphatic rings. The molecule has 1 heterocycles. The standard InChI is InChI=1S/C13H19N3O/c14-8-1-2-9-15-13(17)12-7-4-10-16(12)11-5-3-6-11/h1-2,4,7,10-11H,3,5-6,8-9,14H2,(H,15,17)/b2-1+. The minimum atomic E-state index is -0.0106. The van der Waals surface area contributed by atoms with Gasteiger partial charge in [-0.15, -0.1) is 0 Å². The molecule has 1 aromatic heterocycles. The van der Waals surface area contributed by atoms with Crippen LogP contribution in [-0.4, -0.2) is 23.6 Å². The summed E-state index contributed by atoms with van der Waals surface area (Å²) in [6.07, 6.45) is 9.33. The normalized spacial score (nSPS) is 16.1. The van der Waals surface area contributed by atoms with Crippen molar-refractivity contribution in [3.05, 3.63) is 36.2 Å². The molecule has 0 aromatic carbocycles. The number of amides is 1. The van der Waals surface area contributed by atoms with Crippen molar-refractivity contribution in [2.24, 2.45) is 5.73 Å². The smallest absolute Gasteiger partial charge is 0.268 e. The van der Waals surface area contributed by atoms with E-state index in [1.54, 1.807) is 0 Å². The van der Waals surface area contributed by atoms with Gasteiger partial charge >= 0.3 is 0 Å². The molecule has 1 saturated carbocycles. The molecular weight excluding hydrogens is 214 g/mol. The van der Waals surface area contributed by atoms with Gasteiger partial charge in [-0.3, -0.25) is 4.79 Å². The molecular formula is C13H19N3O. The van der Waals surface area contributed by atoms with E-state index in [2.05, 4.69) is 9.88 Å². The SMILES string of the molecule is NC/C=C/CNC(=O)c1cccn1C1CCC1. The van der Waals surface area contributed by atoms with Crippen LogP contribution in [0.3, 0.4) is 0 Å². The van der Waals surface area contributed by atoms with E-state index in [1.807, 2.05) is 30.5 Å². The van der Waals surface area contributed by atoms with Crippen LogP contribution in [-0.2, 0) is 0 Å². The highest BCUT2D eigenvalue weighted by molar-refractivity contribution is 5.92. The molecule has 1 amide bonds. The molecule has 0 bridgehead atoms. The number of rotatable bonds is 5. The van der Waals surface area contributed by atoms with Crippen LogP contribution in [0.15, 0.2) is 30.5 Å². The van der Waals surface area contributed by atoms with Gasteiger partial charge in [0.15, 0.2) is 0 Å². The summed E-state index contributed by atoms with van der Waals surface area (Å²) in [6.45, 7) is 1.04. The fourth-order valence-corrected chi connectivity index (χ4v) is 1.99. The molecule has 2 rings (SSSR count). The summed E-state index contributed by atoms with van der Waals surface area (Å²) in [5.74, 6) is -0.0106. The van der Waals surface area contributed by atoms with E-state index in [4.69, 9.17) is 5.73 Å². The van der Waals surface area contributed by atoms with Gasteiger partial charge in [-0.1, -0.05) is 12.2 Å². The molecule has 0 radical (unpaired) electrons. The number of aromatic nitrogens is 1. The maximum Gasteiger partial charge on any atom is 0.268 e. The number of carbonyl (C=O) groups excluding carboxylic acids is 1. The van der Waals surface area contributed by atoms with Crippen molar-refractivity contribution in [3.8, 4) is 0 Å². The third-order valence-electron chi connectivity index (χ3n) is 3.16. The van der Waals surface area contributed by atoms with Crippen LogP contribution in [0.4, 0.5) is 0 Å². The average Bonchev–Trinajstić information content (AvgIpc) is 2.70. The van der Waals surface area contributed by atoms with E-state index in [0.717, 1.165) is 5.69 Å². The maximum atomic E-state index is 11.9. The Morgan fingerprint density at radius 3 is 3.00 bits per heavy atom. The summed E-state index contributed by atoms with van der Waals surface area (Å²) in [4.78, 5) is 11.9. The molecule has 92 valence electrons. The predicted molar refractivity (Wildman–Crippen MR) is 67.8 cm³/mol. The van der Waals surface area contributed by atoms with Gasteiger partial charge in [0.25, 0.3) is 5.91 Å². The van der Waals surface area contributed by atoms with Crippen molar-refractivity contribution < 1.29 is 4.79 Å². The third kappa shape index (κ3) is 2.77. The molecule has 0 aliphatic heterocycles. The third-order valence-corrected chi connectivity index (χ3v) is 3.16. The van der Waals surface area contributed by atoms with Gasteiger partial charge in [0, 0.05) is 25.3 Å². The van der Waals surface area contributed by atoms with Gasteiger partial charge in [-0.2, -0.15) is 0 Å². The Labute approximate surface area is 101 Å². The maximum absolute atomic E-state index is 11.9. The second-order valence-electron chi connectivity index (χ2n) is 4.30. The zero-order chi connectivity index (χ0) is 12.1. The Hall–Kier alpha value is -1.55. The molecule has 4 heteroatoms. The summed E-state index contributed by atoms with van der Waals surface area (Å²) in [5.41, 5.74) is 6.09. The number of hydrogen-bond acceptors (Lipinski definition) is 2. The van der Waals surface area contributed by atoms with Crippen LogP contribution in [0.25, 0.3) is 0 Å². The lowest BCUT2D eigenvalue weighted by atomic mass is 9.93. The number of carbonyl (C=O) groups is 1. The van der Waals surface area contributed by atoms with E-state index >= 15 is 0 Å². The zero-order valence-electron chi connectivity index (χ0n) is 9.93. The van der Waals surface area contributed by atoms with Crippen LogP contribution < -0.4 is 11.1 Å². The van der Waals surface area contributed by atoms with Crippen molar-refractivity contribution in [1.82, 2.24) is 9.88 Å². The molecule has 0 unspecified atom stereocenters.